The van der Waals surface area contributed by atoms with Gasteiger partial charge in [-0.15, -0.1) is 11.3 Å². The van der Waals surface area contributed by atoms with Gasteiger partial charge in [-0.2, -0.15) is 0 Å². The lowest BCUT2D eigenvalue weighted by Crippen LogP contribution is -1.92. The highest BCUT2D eigenvalue weighted by Gasteiger charge is 2.11. The van der Waals surface area contributed by atoms with E-state index < -0.39 is 0 Å². The highest BCUT2D eigenvalue weighted by atomic mass is 35.5. The van der Waals surface area contributed by atoms with Crippen LogP contribution >= 0.6 is 22.9 Å². The molecule has 2 nitrogen and oxygen atoms in total. The van der Waals surface area contributed by atoms with Gasteiger partial charge in [-0.05, 0) is 23.6 Å². The standard InChI is InChI=1S/C13H14ClNOS/c1-8(2)9-4-5-10(11(6-9)16-3)13-15-12(14)7-17-13/h4-8H,1-3H3. The number of methoxy groups -OCH3 is 1. The Morgan fingerprint density at radius 3 is 2.65 bits per heavy atom. The lowest BCUT2D eigenvalue weighted by Gasteiger charge is -2.11. The summed E-state index contributed by atoms with van der Waals surface area (Å²) in [6.07, 6.45) is 0. The van der Waals surface area contributed by atoms with Gasteiger partial charge in [0.25, 0.3) is 0 Å². The van der Waals surface area contributed by atoms with Crippen LogP contribution in [0.3, 0.4) is 0 Å². The van der Waals surface area contributed by atoms with Crippen LogP contribution in [0, 0.1) is 0 Å². The summed E-state index contributed by atoms with van der Waals surface area (Å²) in [7, 11) is 1.68. The predicted octanol–water partition coefficient (Wildman–Crippen LogP) is 4.60. The van der Waals surface area contributed by atoms with E-state index in [1.165, 1.54) is 16.9 Å². The Labute approximate surface area is 110 Å². The highest BCUT2D eigenvalue weighted by Crippen LogP contribution is 2.35. The van der Waals surface area contributed by atoms with Gasteiger partial charge >= 0.3 is 0 Å². The molecule has 0 saturated carbocycles. The fourth-order valence-corrected chi connectivity index (χ4v) is 2.60. The molecule has 0 atom stereocenters. The lowest BCUT2D eigenvalue weighted by atomic mass is 10.0. The third-order valence-corrected chi connectivity index (χ3v) is 3.80. The van der Waals surface area contributed by atoms with Gasteiger partial charge in [0.15, 0.2) is 0 Å². The average Bonchev–Trinajstić information content (AvgIpc) is 2.74. The van der Waals surface area contributed by atoms with Crippen LogP contribution in [-0.4, -0.2) is 12.1 Å². The SMILES string of the molecule is COc1cc(C(C)C)ccc1-c1nc(Cl)cs1. The molecule has 0 amide bonds. The fourth-order valence-electron chi connectivity index (χ4n) is 1.62. The van der Waals surface area contributed by atoms with Gasteiger partial charge in [-0.1, -0.05) is 31.5 Å². The van der Waals surface area contributed by atoms with Gasteiger partial charge in [0.05, 0.1) is 12.7 Å². The second-order valence-electron chi connectivity index (χ2n) is 4.09. The molecule has 1 aromatic carbocycles. The zero-order valence-electron chi connectivity index (χ0n) is 10.0. The van der Waals surface area contributed by atoms with E-state index in [4.69, 9.17) is 16.3 Å². The number of halogens is 1. The molecule has 0 saturated heterocycles. The van der Waals surface area contributed by atoms with Gasteiger partial charge in [0.2, 0.25) is 0 Å². The summed E-state index contributed by atoms with van der Waals surface area (Å²) in [4.78, 5) is 4.27. The molecule has 0 N–H and O–H groups in total. The number of ether oxygens (including phenoxy) is 1. The van der Waals surface area contributed by atoms with Crippen LogP contribution in [0.4, 0.5) is 0 Å². The molecule has 0 aliphatic carbocycles. The molecule has 2 aromatic rings. The largest absolute Gasteiger partial charge is 0.496 e. The maximum Gasteiger partial charge on any atom is 0.140 e. The number of thiazole rings is 1. The van der Waals surface area contributed by atoms with Crippen LogP contribution in [0.1, 0.15) is 25.3 Å². The topological polar surface area (TPSA) is 22.1 Å². The first-order chi connectivity index (χ1) is 8.11. The van der Waals surface area contributed by atoms with Crippen LogP contribution in [-0.2, 0) is 0 Å². The van der Waals surface area contributed by atoms with Crippen molar-refractivity contribution in [2.24, 2.45) is 0 Å². The van der Waals surface area contributed by atoms with Gasteiger partial charge in [0.1, 0.15) is 15.9 Å². The van der Waals surface area contributed by atoms with Crippen LogP contribution in [0.25, 0.3) is 10.6 Å². The molecule has 0 radical (unpaired) electrons. The normalized spacial score (nSPS) is 10.9. The van der Waals surface area contributed by atoms with Crippen molar-refractivity contribution < 1.29 is 4.74 Å². The third-order valence-electron chi connectivity index (χ3n) is 2.60. The molecular weight excluding hydrogens is 254 g/mol. The minimum atomic E-state index is 0.484. The molecule has 0 aliphatic heterocycles. The van der Waals surface area contributed by atoms with Crippen LogP contribution in [0.15, 0.2) is 23.6 Å². The van der Waals surface area contributed by atoms with Crippen molar-refractivity contribution in [1.29, 1.82) is 0 Å². The number of hydrogen-bond donors (Lipinski definition) is 0. The fraction of sp³-hybridized carbons (Fsp3) is 0.308. The van der Waals surface area contributed by atoms with Crippen molar-refractivity contribution >= 4 is 22.9 Å². The number of hydrogen-bond acceptors (Lipinski definition) is 3. The summed E-state index contributed by atoms with van der Waals surface area (Å²) in [6.45, 7) is 4.32. The zero-order chi connectivity index (χ0) is 12.4. The Hall–Kier alpha value is -1.06. The number of rotatable bonds is 3. The summed E-state index contributed by atoms with van der Waals surface area (Å²) < 4.78 is 5.42. The van der Waals surface area contributed by atoms with Gasteiger partial charge in [-0.25, -0.2) is 4.98 Å². The molecule has 17 heavy (non-hydrogen) atoms. The van der Waals surface area contributed by atoms with Crippen molar-refractivity contribution in [3.63, 3.8) is 0 Å². The monoisotopic (exact) mass is 267 g/mol. The summed E-state index contributed by atoms with van der Waals surface area (Å²) in [5, 5.41) is 3.24. The molecule has 0 unspecified atom stereocenters. The Morgan fingerprint density at radius 2 is 2.12 bits per heavy atom. The van der Waals surface area contributed by atoms with Gasteiger partial charge in [-0.3, -0.25) is 0 Å². The first kappa shape index (κ1) is 12.4. The van der Waals surface area contributed by atoms with E-state index in [0.717, 1.165) is 16.3 Å². The Balaban J connectivity index is 2.48. The molecule has 4 heteroatoms. The van der Waals surface area contributed by atoms with Crippen molar-refractivity contribution in [1.82, 2.24) is 4.98 Å². The summed E-state index contributed by atoms with van der Waals surface area (Å²) in [6, 6.07) is 6.22. The van der Waals surface area contributed by atoms with E-state index in [9.17, 15) is 0 Å². The third kappa shape index (κ3) is 2.61. The average molecular weight is 268 g/mol. The Bertz CT molecular complexity index is 522. The molecule has 1 aromatic heterocycles. The van der Waals surface area contributed by atoms with Crippen molar-refractivity contribution in [3.8, 4) is 16.3 Å². The van der Waals surface area contributed by atoms with Gasteiger partial charge in [0, 0.05) is 5.38 Å². The van der Waals surface area contributed by atoms with E-state index in [1.54, 1.807) is 7.11 Å². The van der Waals surface area contributed by atoms with Gasteiger partial charge < -0.3 is 4.74 Å². The van der Waals surface area contributed by atoms with E-state index in [1.807, 2.05) is 11.4 Å². The molecule has 0 fully saturated rings. The van der Waals surface area contributed by atoms with E-state index in [2.05, 4.69) is 31.0 Å². The first-order valence-electron chi connectivity index (χ1n) is 5.41. The maximum absolute atomic E-state index is 5.85. The van der Waals surface area contributed by atoms with E-state index in [-0.39, 0.29) is 0 Å². The van der Waals surface area contributed by atoms with Crippen molar-refractivity contribution in [3.05, 3.63) is 34.3 Å². The summed E-state index contributed by atoms with van der Waals surface area (Å²) in [5.41, 5.74) is 2.25. The van der Waals surface area contributed by atoms with Crippen LogP contribution < -0.4 is 4.74 Å². The minimum Gasteiger partial charge on any atom is -0.496 e. The smallest absolute Gasteiger partial charge is 0.140 e. The second-order valence-corrected chi connectivity index (χ2v) is 5.34. The number of nitrogens with zero attached hydrogens (tertiary/aromatic N) is 1. The molecule has 2 rings (SSSR count). The highest BCUT2D eigenvalue weighted by molar-refractivity contribution is 7.13. The van der Waals surface area contributed by atoms with Crippen molar-refractivity contribution in [2.45, 2.75) is 19.8 Å². The summed E-state index contributed by atoms with van der Waals surface area (Å²) in [5.74, 6) is 1.33. The molecule has 1 heterocycles. The second kappa shape index (κ2) is 5.07. The molecule has 0 bridgehead atoms. The first-order valence-corrected chi connectivity index (χ1v) is 6.67. The Kier molecular flexibility index (Phi) is 3.69. The molecule has 0 spiro atoms. The van der Waals surface area contributed by atoms with E-state index in [0.29, 0.717) is 11.1 Å². The predicted molar refractivity (Wildman–Crippen MR) is 73.2 cm³/mol. The van der Waals surface area contributed by atoms with Crippen molar-refractivity contribution in [2.75, 3.05) is 7.11 Å². The van der Waals surface area contributed by atoms with E-state index >= 15 is 0 Å². The minimum absolute atomic E-state index is 0.484. The molecule has 90 valence electrons. The Morgan fingerprint density at radius 1 is 1.35 bits per heavy atom. The molecular formula is C13H14ClNOS. The van der Waals surface area contributed by atoms with Crippen LogP contribution in [0.5, 0.6) is 5.75 Å². The zero-order valence-corrected chi connectivity index (χ0v) is 11.6. The maximum atomic E-state index is 5.85. The molecule has 0 aliphatic rings. The number of aromatic nitrogens is 1. The summed E-state index contributed by atoms with van der Waals surface area (Å²) >= 11 is 7.37. The quantitative estimate of drug-likeness (QED) is 0.811. The lowest BCUT2D eigenvalue weighted by molar-refractivity contribution is 0.415. The van der Waals surface area contributed by atoms with Crippen LogP contribution in [0.2, 0.25) is 5.15 Å². The number of benzene rings is 1.